The number of alkyl halides is 3. The van der Waals surface area contributed by atoms with Gasteiger partial charge in [-0.3, -0.25) is 9.80 Å². The van der Waals surface area contributed by atoms with Crippen molar-refractivity contribution in [2.24, 2.45) is 0 Å². The minimum Gasteiger partial charge on any atom is -0.395 e. The fourth-order valence-electron chi connectivity index (χ4n) is 4.63. The van der Waals surface area contributed by atoms with E-state index >= 15 is 0 Å². The standard InChI is InChI=1S/C22H24F4N2O/c23-17-4-1-15(2-5-17)19-14-21(28-9-7-27(8-10-28)11-12-29)18-6-3-16(13-20(18)19)22(24,25)26/h1-6,13,19,21,29H,7-12,14H2. The molecule has 2 aromatic carbocycles. The molecule has 3 nitrogen and oxygen atoms in total. The van der Waals surface area contributed by atoms with Crippen LogP contribution in [-0.4, -0.2) is 54.2 Å². The number of aliphatic hydroxyl groups excluding tert-OH is 1. The number of piperazine rings is 1. The van der Waals surface area contributed by atoms with Gasteiger partial charge in [0.1, 0.15) is 5.82 Å². The first kappa shape index (κ1) is 20.3. The van der Waals surface area contributed by atoms with Crippen molar-refractivity contribution in [1.82, 2.24) is 9.80 Å². The third-order valence-corrected chi connectivity index (χ3v) is 6.14. The molecule has 2 unspecified atom stereocenters. The van der Waals surface area contributed by atoms with E-state index in [2.05, 4.69) is 9.80 Å². The fraction of sp³-hybridized carbons (Fsp3) is 0.455. The second-order valence-corrected chi connectivity index (χ2v) is 7.80. The van der Waals surface area contributed by atoms with E-state index in [-0.39, 0.29) is 24.4 Å². The highest BCUT2D eigenvalue weighted by Gasteiger charge is 2.39. The predicted molar refractivity (Wildman–Crippen MR) is 102 cm³/mol. The van der Waals surface area contributed by atoms with Crippen LogP contribution in [-0.2, 0) is 6.18 Å². The lowest BCUT2D eigenvalue weighted by Crippen LogP contribution is -2.48. The van der Waals surface area contributed by atoms with Gasteiger partial charge in [-0.2, -0.15) is 13.2 Å². The largest absolute Gasteiger partial charge is 0.416 e. The molecule has 0 radical (unpaired) electrons. The number of fused-ring (bicyclic) bond motifs is 1. The molecule has 1 aliphatic heterocycles. The average molecular weight is 408 g/mol. The monoisotopic (exact) mass is 408 g/mol. The van der Waals surface area contributed by atoms with Crippen LogP contribution in [0.1, 0.15) is 40.6 Å². The minimum absolute atomic E-state index is 0.0404. The molecule has 2 atom stereocenters. The number of rotatable bonds is 4. The van der Waals surface area contributed by atoms with E-state index in [1.54, 1.807) is 18.2 Å². The van der Waals surface area contributed by atoms with Gasteiger partial charge in [0, 0.05) is 44.7 Å². The van der Waals surface area contributed by atoms with Gasteiger partial charge in [-0.25, -0.2) is 4.39 Å². The highest BCUT2D eigenvalue weighted by atomic mass is 19.4. The van der Waals surface area contributed by atoms with Crippen LogP contribution < -0.4 is 0 Å². The SMILES string of the molecule is OCCN1CCN(C2CC(c3ccc(F)cc3)c3cc(C(F)(F)F)ccc32)CC1. The topological polar surface area (TPSA) is 26.7 Å². The summed E-state index contributed by atoms with van der Waals surface area (Å²) in [6.07, 6.45) is -3.71. The van der Waals surface area contributed by atoms with Gasteiger partial charge in [-0.05, 0) is 47.4 Å². The first-order valence-corrected chi connectivity index (χ1v) is 9.90. The van der Waals surface area contributed by atoms with Crippen LogP contribution in [0.3, 0.4) is 0 Å². The molecule has 1 aliphatic carbocycles. The number of hydrogen-bond acceptors (Lipinski definition) is 3. The van der Waals surface area contributed by atoms with Crippen molar-refractivity contribution < 1.29 is 22.7 Å². The average Bonchev–Trinajstić information content (AvgIpc) is 3.08. The highest BCUT2D eigenvalue weighted by molar-refractivity contribution is 5.47. The third-order valence-electron chi connectivity index (χ3n) is 6.14. The van der Waals surface area contributed by atoms with E-state index in [0.717, 1.165) is 37.3 Å². The predicted octanol–water partition coefficient (Wildman–Crippen LogP) is 4.03. The summed E-state index contributed by atoms with van der Waals surface area (Å²) in [4.78, 5) is 4.51. The Bertz CT molecular complexity index is 845. The van der Waals surface area contributed by atoms with Crippen molar-refractivity contribution in [1.29, 1.82) is 0 Å². The van der Waals surface area contributed by atoms with Gasteiger partial charge in [0.15, 0.2) is 0 Å². The zero-order valence-electron chi connectivity index (χ0n) is 16.0. The van der Waals surface area contributed by atoms with Gasteiger partial charge in [0.05, 0.1) is 12.2 Å². The zero-order chi connectivity index (χ0) is 20.6. The molecule has 1 heterocycles. The van der Waals surface area contributed by atoms with Gasteiger partial charge in [-0.1, -0.05) is 18.2 Å². The van der Waals surface area contributed by atoms with E-state index in [4.69, 9.17) is 5.11 Å². The second kappa shape index (κ2) is 8.05. The maximum atomic E-state index is 13.4. The Balaban J connectivity index is 1.65. The molecule has 29 heavy (non-hydrogen) atoms. The van der Waals surface area contributed by atoms with Gasteiger partial charge in [0.25, 0.3) is 0 Å². The molecule has 2 aliphatic rings. The molecule has 0 amide bonds. The van der Waals surface area contributed by atoms with Crippen molar-refractivity contribution in [3.05, 3.63) is 70.5 Å². The molecular weight excluding hydrogens is 384 g/mol. The van der Waals surface area contributed by atoms with E-state index in [1.807, 2.05) is 0 Å². The Labute approximate surface area is 167 Å². The first-order chi connectivity index (χ1) is 13.9. The summed E-state index contributed by atoms with van der Waals surface area (Å²) in [5.41, 5.74) is 1.82. The minimum atomic E-state index is -4.39. The van der Waals surface area contributed by atoms with Crippen molar-refractivity contribution >= 4 is 0 Å². The normalized spacial score (nSPS) is 23.3. The second-order valence-electron chi connectivity index (χ2n) is 7.80. The lowest BCUT2D eigenvalue weighted by molar-refractivity contribution is -0.137. The maximum Gasteiger partial charge on any atom is 0.416 e. The first-order valence-electron chi connectivity index (χ1n) is 9.90. The Kier molecular flexibility index (Phi) is 5.64. The Morgan fingerprint density at radius 1 is 0.931 bits per heavy atom. The smallest absolute Gasteiger partial charge is 0.395 e. The number of aliphatic hydroxyl groups is 1. The van der Waals surface area contributed by atoms with Crippen LogP contribution in [0.25, 0.3) is 0 Å². The van der Waals surface area contributed by atoms with E-state index < -0.39 is 11.7 Å². The molecule has 1 fully saturated rings. The fourth-order valence-corrected chi connectivity index (χ4v) is 4.63. The summed E-state index contributed by atoms with van der Waals surface area (Å²) >= 11 is 0. The van der Waals surface area contributed by atoms with Gasteiger partial charge < -0.3 is 5.11 Å². The number of hydrogen-bond donors (Lipinski definition) is 1. The van der Waals surface area contributed by atoms with E-state index in [1.165, 1.54) is 24.3 Å². The summed E-state index contributed by atoms with van der Waals surface area (Å²) in [6.45, 7) is 4.03. The maximum absolute atomic E-state index is 13.4. The molecule has 0 aromatic heterocycles. The molecule has 0 saturated carbocycles. The van der Waals surface area contributed by atoms with Crippen molar-refractivity contribution in [3.63, 3.8) is 0 Å². The van der Waals surface area contributed by atoms with Crippen LogP contribution in [0.5, 0.6) is 0 Å². The molecule has 2 aromatic rings. The molecule has 0 bridgehead atoms. The highest BCUT2D eigenvalue weighted by Crippen LogP contribution is 2.48. The van der Waals surface area contributed by atoms with Crippen LogP contribution in [0.4, 0.5) is 17.6 Å². The molecular formula is C22H24F4N2O. The van der Waals surface area contributed by atoms with Crippen LogP contribution in [0, 0.1) is 5.82 Å². The molecule has 1 saturated heterocycles. The lowest BCUT2D eigenvalue weighted by atomic mass is 9.92. The Hall–Kier alpha value is -1.96. The number of benzene rings is 2. The number of halogens is 4. The van der Waals surface area contributed by atoms with E-state index in [0.29, 0.717) is 18.5 Å². The van der Waals surface area contributed by atoms with Gasteiger partial charge >= 0.3 is 6.18 Å². The number of β-amino-alcohol motifs (C(OH)–C–C–N with tert-alkyl or cyclic N) is 1. The van der Waals surface area contributed by atoms with Crippen LogP contribution >= 0.6 is 0 Å². The Morgan fingerprint density at radius 3 is 2.24 bits per heavy atom. The molecule has 0 spiro atoms. The summed E-state index contributed by atoms with van der Waals surface area (Å²) < 4.78 is 53.3. The third kappa shape index (κ3) is 4.17. The summed E-state index contributed by atoms with van der Waals surface area (Å²) in [5.74, 6) is -0.541. The quantitative estimate of drug-likeness (QED) is 0.774. The van der Waals surface area contributed by atoms with Crippen LogP contribution in [0.2, 0.25) is 0 Å². The molecule has 4 rings (SSSR count). The molecule has 1 N–H and O–H groups in total. The van der Waals surface area contributed by atoms with Crippen molar-refractivity contribution in [2.75, 3.05) is 39.3 Å². The van der Waals surface area contributed by atoms with Gasteiger partial charge in [0.2, 0.25) is 0 Å². The Morgan fingerprint density at radius 2 is 1.62 bits per heavy atom. The summed E-state index contributed by atoms with van der Waals surface area (Å²) in [6, 6.07) is 10.2. The zero-order valence-corrected chi connectivity index (χ0v) is 16.0. The lowest BCUT2D eigenvalue weighted by Gasteiger charge is -2.38. The molecule has 7 heteroatoms. The number of nitrogens with zero attached hydrogens (tertiary/aromatic N) is 2. The van der Waals surface area contributed by atoms with Crippen molar-refractivity contribution in [3.8, 4) is 0 Å². The summed E-state index contributed by atoms with van der Waals surface area (Å²) in [7, 11) is 0. The van der Waals surface area contributed by atoms with E-state index in [9.17, 15) is 17.6 Å². The van der Waals surface area contributed by atoms with Gasteiger partial charge in [-0.15, -0.1) is 0 Å². The molecule has 156 valence electrons. The summed E-state index contributed by atoms with van der Waals surface area (Å²) in [5, 5.41) is 9.12. The van der Waals surface area contributed by atoms with Crippen LogP contribution in [0.15, 0.2) is 42.5 Å². The van der Waals surface area contributed by atoms with Crippen molar-refractivity contribution in [2.45, 2.75) is 24.6 Å².